The zero-order valence-electron chi connectivity index (χ0n) is 12.0. The molecule has 0 bridgehead atoms. The van der Waals surface area contributed by atoms with Crippen LogP contribution in [0, 0.1) is 0 Å². The molecule has 104 valence electrons. The molecular weight excluding hydrogens is 248 g/mol. The standard InChI is InChI=1S/C17H20N2O/c1-19(2)13-12-18-17(14-8-4-3-5-9-14)15-10-6-7-11-16(15)20/h3-11,20H,12-13H2,1-2H3. The van der Waals surface area contributed by atoms with E-state index in [1.54, 1.807) is 6.07 Å². The van der Waals surface area contributed by atoms with E-state index in [0.29, 0.717) is 6.54 Å². The predicted octanol–water partition coefficient (Wildman–Crippen LogP) is 2.79. The molecule has 0 aliphatic rings. The second-order valence-corrected chi connectivity index (χ2v) is 4.92. The van der Waals surface area contributed by atoms with Crippen molar-refractivity contribution >= 4 is 5.71 Å². The van der Waals surface area contributed by atoms with Crippen molar-refractivity contribution in [3.8, 4) is 5.75 Å². The SMILES string of the molecule is CN(C)CCN=C(c1ccccc1)c1ccccc1O. The highest BCUT2D eigenvalue weighted by Gasteiger charge is 2.10. The highest BCUT2D eigenvalue weighted by Crippen LogP contribution is 2.20. The number of benzene rings is 2. The van der Waals surface area contributed by atoms with Crippen LogP contribution < -0.4 is 0 Å². The van der Waals surface area contributed by atoms with E-state index in [-0.39, 0.29) is 5.75 Å². The quantitative estimate of drug-likeness (QED) is 0.846. The van der Waals surface area contributed by atoms with Crippen molar-refractivity contribution in [1.82, 2.24) is 4.90 Å². The summed E-state index contributed by atoms with van der Waals surface area (Å²) in [5.74, 6) is 0.264. The van der Waals surface area contributed by atoms with E-state index in [1.807, 2.05) is 62.6 Å². The van der Waals surface area contributed by atoms with Gasteiger partial charge < -0.3 is 10.0 Å². The van der Waals surface area contributed by atoms with Gasteiger partial charge in [0.05, 0.1) is 12.3 Å². The molecule has 0 radical (unpaired) electrons. The monoisotopic (exact) mass is 268 g/mol. The largest absolute Gasteiger partial charge is 0.507 e. The van der Waals surface area contributed by atoms with Gasteiger partial charge in [-0.2, -0.15) is 0 Å². The van der Waals surface area contributed by atoms with Crippen molar-refractivity contribution < 1.29 is 5.11 Å². The third kappa shape index (κ3) is 3.68. The Kier molecular flexibility index (Phi) is 4.91. The summed E-state index contributed by atoms with van der Waals surface area (Å²) < 4.78 is 0. The summed E-state index contributed by atoms with van der Waals surface area (Å²) in [7, 11) is 4.05. The minimum absolute atomic E-state index is 0.264. The highest BCUT2D eigenvalue weighted by molar-refractivity contribution is 6.14. The van der Waals surface area contributed by atoms with Crippen molar-refractivity contribution in [2.75, 3.05) is 27.2 Å². The highest BCUT2D eigenvalue weighted by atomic mass is 16.3. The van der Waals surface area contributed by atoms with Gasteiger partial charge in [-0.05, 0) is 26.2 Å². The van der Waals surface area contributed by atoms with E-state index in [2.05, 4.69) is 9.89 Å². The maximum atomic E-state index is 10.1. The van der Waals surface area contributed by atoms with Crippen LogP contribution in [0.5, 0.6) is 5.75 Å². The molecule has 0 spiro atoms. The van der Waals surface area contributed by atoms with Crippen LogP contribution in [-0.2, 0) is 0 Å². The van der Waals surface area contributed by atoms with Gasteiger partial charge in [-0.15, -0.1) is 0 Å². The van der Waals surface area contributed by atoms with Crippen LogP contribution in [0.1, 0.15) is 11.1 Å². The first-order chi connectivity index (χ1) is 9.68. The van der Waals surface area contributed by atoms with E-state index >= 15 is 0 Å². The summed E-state index contributed by atoms with van der Waals surface area (Å²) in [5.41, 5.74) is 2.63. The maximum absolute atomic E-state index is 10.1. The zero-order chi connectivity index (χ0) is 14.4. The van der Waals surface area contributed by atoms with Gasteiger partial charge in [0.2, 0.25) is 0 Å². The number of aliphatic imine (C=N–C) groups is 1. The van der Waals surface area contributed by atoms with E-state index in [1.165, 1.54) is 0 Å². The second-order valence-electron chi connectivity index (χ2n) is 4.92. The molecule has 0 unspecified atom stereocenters. The topological polar surface area (TPSA) is 35.8 Å². The molecule has 1 N–H and O–H groups in total. The van der Waals surface area contributed by atoms with Crippen molar-refractivity contribution in [3.63, 3.8) is 0 Å². The van der Waals surface area contributed by atoms with Gasteiger partial charge in [0.25, 0.3) is 0 Å². The average Bonchev–Trinajstić information content (AvgIpc) is 2.45. The first-order valence-electron chi connectivity index (χ1n) is 6.71. The minimum atomic E-state index is 0.264. The Morgan fingerprint density at radius 1 is 1.00 bits per heavy atom. The van der Waals surface area contributed by atoms with Crippen LogP contribution >= 0.6 is 0 Å². The Labute approximate surface area is 120 Å². The Bertz CT molecular complexity index is 577. The summed E-state index contributed by atoms with van der Waals surface area (Å²) in [6.45, 7) is 1.58. The van der Waals surface area contributed by atoms with Crippen LogP contribution in [0.2, 0.25) is 0 Å². The molecule has 3 nitrogen and oxygen atoms in total. The van der Waals surface area contributed by atoms with Gasteiger partial charge in [-0.3, -0.25) is 4.99 Å². The first-order valence-corrected chi connectivity index (χ1v) is 6.71. The summed E-state index contributed by atoms with van der Waals surface area (Å²) >= 11 is 0. The molecule has 0 aliphatic carbocycles. The van der Waals surface area contributed by atoms with Gasteiger partial charge in [0.15, 0.2) is 0 Å². The predicted molar refractivity (Wildman–Crippen MR) is 83.6 cm³/mol. The number of hydrogen-bond donors (Lipinski definition) is 1. The van der Waals surface area contributed by atoms with Crippen molar-refractivity contribution in [3.05, 3.63) is 65.7 Å². The van der Waals surface area contributed by atoms with Gasteiger partial charge in [-0.1, -0.05) is 42.5 Å². The number of nitrogens with zero attached hydrogens (tertiary/aromatic N) is 2. The van der Waals surface area contributed by atoms with Gasteiger partial charge in [0.1, 0.15) is 5.75 Å². The van der Waals surface area contributed by atoms with Crippen molar-refractivity contribution in [2.45, 2.75) is 0 Å². The molecule has 0 heterocycles. The molecule has 2 aromatic carbocycles. The van der Waals surface area contributed by atoms with E-state index in [0.717, 1.165) is 23.4 Å². The molecule has 2 rings (SSSR count). The molecule has 0 saturated carbocycles. The van der Waals surface area contributed by atoms with Crippen LogP contribution in [0.4, 0.5) is 0 Å². The number of para-hydroxylation sites is 1. The second kappa shape index (κ2) is 6.87. The molecular formula is C17H20N2O. The Morgan fingerprint density at radius 3 is 2.30 bits per heavy atom. The fourth-order valence-corrected chi connectivity index (χ4v) is 1.96. The number of rotatable bonds is 5. The lowest BCUT2D eigenvalue weighted by Gasteiger charge is -2.11. The summed E-state index contributed by atoms with van der Waals surface area (Å²) in [5, 5.41) is 10.1. The number of aromatic hydroxyl groups is 1. The molecule has 3 heteroatoms. The maximum Gasteiger partial charge on any atom is 0.124 e. The summed E-state index contributed by atoms with van der Waals surface area (Å²) in [6.07, 6.45) is 0. The molecule has 0 atom stereocenters. The molecule has 0 aromatic heterocycles. The third-order valence-electron chi connectivity index (χ3n) is 3.02. The Morgan fingerprint density at radius 2 is 1.65 bits per heavy atom. The average molecular weight is 268 g/mol. The van der Waals surface area contributed by atoms with Crippen LogP contribution in [0.3, 0.4) is 0 Å². The Hall–Kier alpha value is -2.13. The summed E-state index contributed by atoms with van der Waals surface area (Å²) in [4.78, 5) is 6.77. The summed E-state index contributed by atoms with van der Waals surface area (Å²) in [6, 6.07) is 17.3. The van der Waals surface area contributed by atoms with Crippen LogP contribution in [0.25, 0.3) is 0 Å². The van der Waals surface area contributed by atoms with Crippen molar-refractivity contribution in [1.29, 1.82) is 0 Å². The Balaban J connectivity index is 2.37. The van der Waals surface area contributed by atoms with E-state index in [9.17, 15) is 5.11 Å². The lowest BCUT2D eigenvalue weighted by molar-refractivity contribution is 0.420. The van der Waals surface area contributed by atoms with Gasteiger partial charge in [-0.25, -0.2) is 0 Å². The van der Waals surface area contributed by atoms with Gasteiger partial charge in [0, 0.05) is 17.7 Å². The molecule has 0 aliphatic heterocycles. The molecule has 0 fully saturated rings. The smallest absolute Gasteiger partial charge is 0.124 e. The first kappa shape index (κ1) is 14.3. The lowest BCUT2D eigenvalue weighted by Crippen LogP contribution is -2.16. The number of phenols is 1. The third-order valence-corrected chi connectivity index (χ3v) is 3.02. The van der Waals surface area contributed by atoms with Gasteiger partial charge >= 0.3 is 0 Å². The molecule has 2 aromatic rings. The molecule has 0 saturated heterocycles. The van der Waals surface area contributed by atoms with Crippen LogP contribution in [0.15, 0.2) is 59.6 Å². The fraction of sp³-hybridized carbons (Fsp3) is 0.235. The number of likely N-dealkylation sites (N-methyl/N-ethyl adjacent to an activating group) is 1. The van der Waals surface area contributed by atoms with Crippen molar-refractivity contribution in [2.24, 2.45) is 4.99 Å². The van der Waals surface area contributed by atoms with E-state index in [4.69, 9.17) is 0 Å². The zero-order valence-corrected chi connectivity index (χ0v) is 12.0. The lowest BCUT2D eigenvalue weighted by atomic mass is 10.0. The molecule has 0 amide bonds. The molecule has 20 heavy (non-hydrogen) atoms. The number of phenolic OH excluding ortho intramolecular Hbond substituents is 1. The minimum Gasteiger partial charge on any atom is -0.507 e. The van der Waals surface area contributed by atoms with E-state index < -0.39 is 0 Å². The normalized spacial score (nSPS) is 11.8. The van der Waals surface area contributed by atoms with Crippen LogP contribution in [-0.4, -0.2) is 42.9 Å². The number of hydrogen-bond acceptors (Lipinski definition) is 3. The fourth-order valence-electron chi connectivity index (χ4n) is 1.96.